The minimum absolute atomic E-state index is 0.0989. The summed E-state index contributed by atoms with van der Waals surface area (Å²) in [6, 6.07) is 9.20. The number of hydrogen-bond acceptors (Lipinski definition) is 7. The highest BCUT2D eigenvalue weighted by Gasteiger charge is 2.65. The van der Waals surface area contributed by atoms with Gasteiger partial charge in [-0.05, 0) is 42.4 Å². The third-order valence-corrected chi connectivity index (χ3v) is 10.4. The SMILES string of the molecule is COc1cccc(-c2cc3c(c(OC)c2)OCCN(S(=O)(=O)CC24CCC(CC2=O)C4(C)C)C3)n1. The first kappa shape index (κ1) is 24.1. The first-order valence-corrected chi connectivity index (χ1v) is 13.6. The molecule has 188 valence electrons. The molecule has 0 spiro atoms. The van der Waals surface area contributed by atoms with Gasteiger partial charge in [0.25, 0.3) is 0 Å². The monoisotopic (exact) mass is 500 g/mol. The Morgan fingerprint density at radius 2 is 2.00 bits per heavy atom. The summed E-state index contributed by atoms with van der Waals surface area (Å²) in [5.74, 6) is 1.75. The largest absolute Gasteiger partial charge is 0.493 e. The molecule has 0 radical (unpaired) electrons. The summed E-state index contributed by atoms with van der Waals surface area (Å²) in [6.07, 6.45) is 2.04. The summed E-state index contributed by atoms with van der Waals surface area (Å²) in [5, 5.41) is 0. The molecule has 2 atom stereocenters. The lowest BCUT2D eigenvalue weighted by molar-refractivity contribution is -0.128. The molecule has 35 heavy (non-hydrogen) atoms. The van der Waals surface area contributed by atoms with Crippen LogP contribution in [0.4, 0.5) is 0 Å². The summed E-state index contributed by atoms with van der Waals surface area (Å²) in [4.78, 5) is 17.5. The Morgan fingerprint density at radius 1 is 1.20 bits per heavy atom. The smallest absolute Gasteiger partial charge is 0.215 e. The van der Waals surface area contributed by atoms with E-state index in [1.807, 2.05) is 24.3 Å². The van der Waals surface area contributed by atoms with Crippen molar-refractivity contribution < 1.29 is 27.4 Å². The number of hydrogen-bond donors (Lipinski definition) is 0. The van der Waals surface area contributed by atoms with Crippen LogP contribution in [-0.4, -0.2) is 56.6 Å². The summed E-state index contributed by atoms with van der Waals surface area (Å²) in [7, 11) is -0.614. The molecule has 0 saturated heterocycles. The van der Waals surface area contributed by atoms with Crippen LogP contribution in [0.3, 0.4) is 0 Å². The minimum Gasteiger partial charge on any atom is -0.493 e. The van der Waals surface area contributed by atoms with Crippen molar-refractivity contribution in [3.63, 3.8) is 0 Å². The van der Waals surface area contributed by atoms with E-state index in [1.165, 1.54) is 4.31 Å². The highest BCUT2D eigenvalue weighted by atomic mass is 32.2. The molecule has 2 saturated carbocycles. The topological polar surface area (TPSA) is 95.0 Å². The summed E-state index contributed by atoms with van der Waals surface area (Å²) >= 11 is 0. The zero-order valence-electron chi connectivity index (χ0n) is 20.7. The maximum Gasteiger partial charge on any atom is 0.215 e. The van der Waals surface area contributed by atoms with Crippen LogP contribution in [0, 0.1) is 16.7 Å². The molecule has 9 heteroatoms. The summed E-state index contributed by atoms with van der Waals surface area (Å²) in [5.41, 5.74) is 1.02. The number of ketones is 1. The zero-order chi connectivity index (χ0) is 25.0. The molecule has 5 rings (SSSR count). The number of carbonyl (C=O) groups excluding carboxylic acids is 1. The number of carbonyl (C=O) groups is 1. The molecule has 2 bridgehead atoms. The average molecular weight is 501 g/mol. The van der Waals surface area contributed by atoms with Gasteiger partial charge in [0.15, 0.2) is 11.5 Å². The molecule has 2 aliphatic carbocycles. The Morgan fingerprint density at radius 3 is 2.66 bits per heavy atom. The van der Waals surface area contributed by atoms with Crippen molar-refractivity contribution in [3.8, 4) is 28.6 Å². The zero-order valence-corrected chi connectivity index (χ0v) is 21.5. The summed E-state index contributed by atoms with van der Waals surface area (Å²) < 4.78 is 45.8. The number of benzene rings is 1. The van der Waals surface area contributed by atoms with Crippen LogP contribution in [-0.2, 0) is 21.4 Å². The Hall–Kier alpha value is -2.65. The maximum atomic E-state index is 13.8. The fourth-order valence-electron chi connectivity index (χ4n) is 6.20. The average Bonchev–Trinajstić information content (AvgIpc) is 3.06. The number of sulfonamides is 1. The van der Waals surface area contributed by atoms with Crippen molar-refractivity contribution in [2.45, 2.75) is 39.7 Å². The number of nitrogens with zero attached hydrogens (tertiary/aromatic N) is 2. The van der Waals surface area contributed by atoms with Gasteiger partial charge in [0, 0.05) is 42.1 Å². The number of rotatable bonds is 6. The van der Waals surface area contributed by atoms with Crippen molar-refractivity contribution in [1.82, 2.24) is 9.29 Å². The van der Waals surface area contributed by atoms with Crippen LogP contribution in [0.15, 0.2) is 30.3 Å². The van der Waals surface area contributed by atoms with Crippen LogP contribution in [0.2, 0.25) is 0 Å². The second-order valence-electron chi connectivity index (χ2n) is 10.3. The lowest BCUT2D eigenvalue weighted by atomic mass is 9.70. The molecule has 2 aromatic rings. The lowest BCUT2D eigenvalue weighted by Gasteiger charge is -2.37. The number of aromatic nitrogens is 1. The molecule has 2 unspecified atom stereocenters. The number of Topliss-reactive ketones (excluding diaryl/α,β-unsaturated/α-hetero) is 1. The second kappa shape index (κ2) is 8.48. The minimum atomic E-state index is -3.73. The van der Waals surface area contributed by atoms with Crippen molar-refractivity contribution in [2.24, 2.45) is 16.7 Å². The number of fused-ring (bicyclic) bond motifs is 3. The normalized spacial score (nSPS) is 25.6. The first-order valence-electron chi connectivity index (χ1n) is 12.0. The Bertz CT molecular complexity index is 1270. The van der Waals surface area contributed by atoms with Gasteiger partial charge in [0.05, 0.1) is 25.7 Å². The Labute approximate surface area is 206 Å². The highest BCUT2D eigenvalue weighted by molar-refractivity contribution is 7.89. The van der Waals surface area contributed by atoms with E-state index in [1.54, 1.807) is 20.3 Å². The standard InChI is InChI=1S/C26H32N2O6S/c1-25(2)19-8-9-26(25,22(29)14-19)16-35(30,31)28-10-11-34-24-18(15-28)12-17(13-21(24)32-3)20-6-5-7-23(27-20)33-4/h5-7,12-13,19H,8-11,14-16H2,1-4H3. The van der Waals surface area contributed by atoms with Crippen molar-refractivity contribution in [3.05, 3.63) is 35.9 Å². The molecule has 1 aromatic heterocycles. The van der Waals surface area contributed by atoms with E-state index >= 15 is 0 Å². The third-order valence-electron chi connectivity index (χ3n) is 8.48. The number of methoxy groups -OCH3 is 2. The second-order valence-corrected chi connectivity index (χ2v) is 12.3. The molecule has 2 fully saturated rings. The number of pyridine rings is 1. The van der Waals surface area contributed by atoms with Gasteiger partial charge in [0.2, 0.25) is 15.9 Å². The first-order chi connectivity index (χ1) is 16.6. The van der Waals surface area contributed by atoms with Crippen LogP contribution < -0.4 is 14.2 Å². The molecular weight excluding hydrogens is 468 g/mol. The third kappa shape index (κ3) is 3.80. The molecule has 0 N–H and O–H groups in total. The van der Waals surface area contributed by atoms with Crippen LogP contribution in [0.1, 0.15) is 38.7 Å². The van der Waals surface area contributed by atoms with Gasteiger partial charge < -0.3 is 14.2 Å². The van der Waals surface area contributed by atoms with E-state index in [4.69, 9.17) is 14.2 Å². The Balaban J connectivity index is 1.49. The lowest BCUT2D eigenvalue weighted by Crippen LogP contribution is -2.46. The van der Waals surface area contributed by atoms with Crippen molar-refractivity contribution >= 4 is 15.8 Å². The van der Waals surface area contributed by atoms with E-state index in [-0.39, 0.29) is 42.6 Å². The van der Waals surface area contributed by atoms with Gasteiger partial charge in [-0.3, -0.25) is 4.79 Å². The highest BCUT2D eigenvalue weighted by Crippen LogP contribution is 2.64. The predicted molar refractivity (Wildman–Crippen MR) is 131 cm³/mol. The van der Waals surface area contributed by atoms with Gasteiger partial charge in [-0.2, -0.15) is 4.31 Å². The van der Waals surface area contributed by atoms with Gasteiger partial charge in [-0.25, -0.2) is 13.4 Å². The van der Waals surface area contributed by atoms with Crippen molar-refractivity contribution in [1.29, 1.82) is 0 Å². The van der Waals surface area contributed by atoms with Crippen LogP contribution >= 0.6 is 0 Å². The van der Waals surface area contributed by atoms with E-state index in [9.17, 15) is 13.2 Å². The number of ether oxygens (including phenoxy) is 3. The molecule has 3 aliphatic rings. The molecule has 2 heterocycles. The molecule has 1 aliphatic heterocycles. The van der Waals surface area contributed by atoms with Crippen LogP contribution in [0.25, 0.3) is 11.3 Å². The predicted octanol–water partition coefficient (Wildman–Crippen LogP) is 3.69. The van der Waals surface area contributed by atoms with Crippen molar-refractivity contribution in [2.75, 3.05) is 33.1 Å². The van der Waals surface area contributed by atoms with Gasteiger partial charge in [0.1, 0.15) is 12.4 Å². The molecule has 8 nitrogen and oxygen atoms in total. The fourth-order valence-corrected chi connectivity index (χ4v) is 8.37. The summed E-state index contributed by atoms with van der Waals surface area (Å²) in [6.45, 7) is 4.67. The van der Waals surface area contributed by atoms with Crippen LogP contribution in [0.5, 0.6) is 17.4 Å². The fraction of sp³-hybridized carbons (Fsp3) is 0.538. The van der Waals surface area contributed by atoms with E-state index < -0.39 is 15.4 Å². The van der Waals surface area contributed by atoms with E-state index in [2.05, 4.69) is 18.8 Å². The molecule has 1 aromatic carbocycles. The Kier molecular flexibility index (Phi) is 5.83. The molecule has 0 amide bonds. The quantitative estimate of drug-likeness (QED) is 0.597. The van der Waals surface area contributed by atoms with E-state index in [0.29, 0.717) is 41.5 Å². The molecular formula is C26H32N2O6S. The van der Waals surface area contributed by atoms with Gasteiger partial charge >= 0.3 is 0 Å². The maximum absolute atomic E-state index is 13.8. The van der Waals surface area contributed by atoms with Gasteiger partial charge in [-0.1, -0.05) is 19.9 Å². The van der Waals surface area contributed by atoms with E-state index in [0.717, 1.165) is 12.0 Å². The van der Waals surface area contributed by atoms with Gasteiger partial charge in [-0.15, -0.1) is 0 Å².